The molecule has 0 aromatic rings. The molecule has 0 fully saturated rings. The Hall–Kier alpha value is 0.0200. The fraction of sp³-hybridized carbons (Fsp3) is 0.857. The topological polar surface area (TPSA) is 12.4 Å². The molecular formula is C7H17NS. The molecule has 9 heavy (non-hydrogen) atoms. The zero-order chi connectivity index (χ0) is 7.54. The summed E-state index contributed by atoms with van der Waals surface area (Å²) in [5, 5.41) is 0. The minimum absolute atomic E-state index is 0.986. The number of hydrogen-bond acceptors (Lipinski definition) is 2. The van der Waals surface area contributed by atoms with Crippen molar-refractivity contribution in [1.29, 1.82) is 0 Å². The largest absolute Gasteiger partial charge is 0.286 e. The van der Waals surface area contributed by atoms with Crippen LogP contribution in [0.1, 0.15) is 27.7 Å². The summed E-state index contributed by atoms with van der Waals surface area (Å²) >= 11 is 1.85. The van der Waals surface area contributed by atoms with Crippen LogP contribution in [0.5, 0.6) is 0 Å². The summed E-state index contributed by atoms with van der Waals surface area (Å²) in [5.41, 5.74) is 0. The molecule has 0 saturated carbocycles. The zero-order valence-corrected chi connectivity index (χ0v) is 7.66. The van der Waals surface area contributed by atoms with Crippen LogP contribution < -0.4 is 0 Å². The maximum atomic E-state index is 3.92. The number of rotatable bonds is 0. The molecule has 2 heteroatoms. The van der Waals surface area contributed by atoms with E-state index < -0.39 is 0 Å². The van der Waals surface area contributed by atoms with Crippen molar-refractivity contribution in [1.82, 2.24) is 0 Å². The van der Waals surface area contributed by atoms with Crippen LogP contribution >= 0.6 is 11.8 Å². The Morgan fingerprint density at radius 2 is 1.78 bits per heavy atom. The van der Waals surface area contributed by atoms with E-state index in [1.807, 2.05) is 45.7 Å². The van der Waals surface area contributed by atoms with Gasteiger partial charge in [-0.2, -0.15) is 0 Å². The molecule has 1 aliphatic rings. The molecule has 0 amide bonds. The van der Waals surface area contributed by atoms with Gasteiger partial charge >= 0.3 is 0 Å². The van der Waals surface area contributed by atoms with E-state index in [-0.39, 0.29) is 0 Å². The molecule has 0 radical (unpaired) electrons. The molecule has 1 heterocycles. The molecule has 0 saturated heterocycles. The van der Waals surface area contributed by atoms with Crippen molar-refractivity contribution in [3.05, 3.63) is 0 Å². The summed E-state index contributed by atoms with van der Waals surface area (Å²) in [4.78, 5) is 3.92. The molecule has 0 bridgehead atoms. The zero-order valence-electron chi connectivity index (χ0n) is 6.85. The van der Waals surface area contributed by atoms with E-state index in [4.69, 9.17) is 0 Å². The highest BCUT2D eigenvalue weighted by atomic mass is 32.2. The molecule has 0 N–H and O–H groups in total. The van der Waals surface area contributed by atoms with Gasteiger partial charge in [0.25, 0.3) is 0 Å². The summed E-state index contributed by atoms with van der Waals surface area (Å²) in [6.45, 7) is 8.00. The normalized spacial score (nSPS) is 12.9. The lowest BCUT2D eigenvalue weighted by atomic mass is 10.9. The van der Waals surface area contributed by atoms with Gasteiger partial charge in [0, 0.05) is 12.0 Å². The highest BCUT2D eigenvalue weighted by molar-refractivity contribution is 8.00. The number of aliphatic imine (C=N–C) groups is 1. The lowest BCUT2D eigenvalue weighted by Gasteiger charge is -1.68. The first-order valence-electron chi connectivity index (χ1n) is 3.56. The van der Waals surface area contributed by atoms with Gasteiger partial charge < -0.3 is 0 Å². The van der Waals surface area contributed by atoms with Crippen molar-refractivity contribution in [2.75, 3.05) is 11.6 Å². The Bertz CT molecular complexity index is 46.9. The van der Waals surface area contributed by atoms with Crippen LogP contribution in [0.15, 0.2) is 4.99 Å². The van der Waals surface area contributed by atoms with Crippen LogP contribution in [0.2, 0.25) is 0 Å². The molecule has 0 aromatic heterocycles. The van der Waals surface area contributed by atoms with Gasteiger partial charge in [0.1, 0.15) is 0 Å². The quantitative estimate of drug-likeness (QED) is 0.513. The predicted molar refractivity (Wildman–Crippen MR) is 48.5 cm³/mol. The van der Waals surface area contributed by atoms with E-state index in [0.29, 0.717) is 0 Å². The molecule has 1 nitrogen and oxygen atoms in total. The molecular weight excluding hydrogens is 130 g/mol. The molecule has 1 aliphatic heterocycles. The number of nitrogens with zero attached hydrogens (tertiary/aromatic N) is 1. The van der Waals surface area contributed by atoms with Crippen LogP contribution in [0, 0.1) is 0 Å². The van der Waals surface area contributed by atoms with Gasteiger partial charge in [0.05, 0.1) is 5.88 Å². The fourth-order valence-corrected chi connectivity index (χ4v) is 0.791. The standard InChI is InChI=1S/C3H5NS.2C2H6/c1-2-5-3-4-1;2*1-2/h1H,2-3H2;2*1-2H3. The third-order valence-electron chi connectivity index (χ3n) is 0.487. The third kappa shape index (κ3) is 11.5. The van der Waals surface area contributed by atoms with E-state index >= 15 is 0 Å². The van der Waals surface area contributed by atoms with Crippen molar-refractivity contribution in [2.45, 2.75) is 27.7 Å². The van der Waals surface area contributed by atoms with E-state index in [1.165, 1.54) is 0 Å². The van der Waals surface area contributed by atoms with Crippen LogP contribution in [0.25, 0.3) is 0 Å². The number of hydrogen-bond donors (Lipinski definition) is 0. The molecule has 0 unspecified atom stereocenters. The Balaban J connectivity index is 0. The molecule has 0 aromatic carbocycles. The Kier molecular flexibility index (Phi) is 20.5. The first-order valence-corrected chi connectivity index (χ1v) is 4.71. The number of thioether (sulfide) groups is 1. The van der Waals surface area contributed by atoms with E-state index in [0.717, 1.165) is 11.6 Å². The lowest BCUT2D eigenvalue weighted by molar-refractivity contribution is 1.43. The van der Waals surface area contributed by atoms with Gasteiger partial charge in [-0.1, -0.05) is 27.7 Å². The van der Waals surface area contributed by atoms with Gasteiger partial charge in [-0.05, 0) is 0 Å². The van der Waals surface area contributed by atoms with Gasteiger partial charge in [-0.25, -0.2) is 0 Å². The second-order valence-corrected chi connectivity index (χ2v) is 1.86. The van der Waals surface area contributed by atoms with Crippen LogP contribution in [0.4, 0.5) is 0 Å². The molecule has 0 atom stereocenters. The first kappa shape index (κ1) is 11.8. The Morgan fingerprint density at radius 3 is 1.89 bits per heavy atom. The minimum atomic E-state index is 0.986. The van der Waals surface area contributed by atoms with Crippen LogP contribution in [-0.4, -0.2) is 17.8 Å². The average molecular weight is 147 g/mol. The van der Waals surface area contributed by atoms with Crippen molar-refractivity contribution in [3.8, 4) is 0 Å². The smallest absolute Gasteiger partial charge is 0.0844 e. The fourth-order valence-electron chi connectivity index (χ4n) is 0.264. The lowest BCUT2D eigenvalue weighted by Crippen LogP contribution is -1.61. The van der Waals surface area contributed by atoms with Crippen LogP contribution in [-0.2, 0) is 0 Å². The first-order chi connectivity index (χ1) is 4.50. The third-order valence-corrected chi connectivity index (χ3v) is 1.20. The van der Waals surface area contributed by atoms with Gasteiger partial charge in [-0.15, -0.1) is 11.8 Å². The predicted octanol–water partition coefficient (Wildman–Crippen LogP) is 2.81. The minimum Gasteiger partial charge on any atom is -0.286 e. The van der Waals surface area contributed by atoms with Crippen LogP contribution in [0.3, 0.4) is 0 Å². The SMILES string of the molecule is C1=NCSC1.CC.CC. The summed E-state index contributed by atoms with van der Waals surface area (Å²) in [6, 6.07) is 0. The van der Waals surface area contributed by atoms with Gasteiger partial charge in [-0.3, -0.25) is 4.99 Å². The van der Waals surface area contributed by atoms with E-state index in [9.17, 15) is 0 Å². The monoisotopic (exact) mass is 147 g/mol. The molecule has 56 valence electrons. The maximum absolute atomic E-state index is 3.92. The second kappa shape index (κ2) is 15.7. The van der Waals surface area contributed by atoms with Gasteiger partial charge in [0.2, 0.25) is 0 Å². The van der Waals surface area contributed by atoms with E-state index in [2.05, 4.69) is 4.99 Å². The second-order valence-electron chi connectivity index (χ2n) is 0.865. The van der Waals surface area contributed by atoms with Crippen molar-refractivity contribution in [2.24, 2.45) is 4.99 Å². The summed E-state index contributed by atoms with van der Waals surface area (Å²) in [5.74, 6) is 2.11. The van der Waals surface area contributed by atoms with Gasteiger partial charge in [0.15, 0.2) is 0 Å². The summed E-state index contributed by atoms with van der Waals surface area (Å²) in [6.07, 6.45) is 1.95. The molecule has 1 rings (SSSR count). The molecule has 0 spiro atoms. The van der Waals surface area contributed by atoms with Crippen molar-refractivity contribution >= 4 is 18.0 Å². The molecule has 0 aliphatic carbocycles. The Morgan fingerprint density at radius 1 is 1.22 bits per heavy atom. The summed E-state index contributed by atoms with van der Waals surface area (Å²) < 4.78 is 0. The van der Waals surface area contributed by atoms with Crippen molar-refractivity contribution in [3.63, 3.8) is 0 Å². The maximum Gasteiger partial charge on any atom is 0.0844 e. The highest BCUT2D eigenvalue weighted by Gasteiger charge is 1.85. The highest BCUT2D eigenvalue weighted by Crippen LogP contribution is 2.02. The van der Waals surface area contributed by atoms with Crippen molar-refractivity contribution < 1.29 is 0 Å². The summed E-state index contributed by atoms with van der Waals surface area (Å²) in [7, 11) is 0. The average Bonchev–Trinajstić information content (AvgIpc) is 2.51. The van der Waals surface area contributed by atoms with E-state index in [1.54, 1.807) is 0 Å². The Labute approximate surface area is 63.0 Å².